The lowest BCUT2D eigenvalue weighted by Gasteiger charge is -2.09. The Bertz CT molecular complexity index is 727. The summed E-state index contributed by atoms with van der Waals surface area (Å²) in [4.78, 5) is 23.7. The highest BCUT2D eigenvalue weighted by molar-refractivity contribution is 9.10. The van der Waals surface area contributed by atoms with Gasteiger partial charge in [-0.3, -0.25) is 25.1 Å². The molecule has 22 heavy (non-hydrogen) atoms. The van der Waals surface area contributed by atoms with Crippen molar-refractivity contribution < 1.29 is 14.7 Å². The lowest BCUT2D eigenvalue weighted by atomic mass is 10.2. The van der Waals surface area contributed by atoms with E-state index in [1.807, 2.05) is 19.9 Å². The molecular formula is C14H15BrN4O3. The van der Waals surface area contributed by atoms with Crippen molar-refractivity contribution in [1.82, 2.24) is 20.6 Å². The topological polar surface area (TPSA) is 96.2 Å². The Balaban J connectivity index is 1.95. The van der Waals surface area contributed by atoms with Crippen LogP contribution >= 0.6 is 15.9 Å². The first-order chi connectivity index (χ1) is 10.4. The maximum atomic E-state index is 11.9. The number of hydrogen-bond acceptors (Lipinski definition) is 4. The molecule has 1 heterocycles. The van der Waals surface area contributed by atoms with Crippen LogP contribution in [0, 0.1) is 13.8 Å². The first-order valence-corrected chi connectivity index (χ1v) is 7.25. The van der Waals surface area contributed by atoms with Crippen LogP contribution in [0.5, 0.6) is 5.75 Å². The Hall–Kier alpha value is -2.35. The predicted octanol–water partition coefficient (Wildman–Crippen LogP) is 1.43. The van der Waals surface area contributed by atoms with Gasteiger partial charge in [-0.1, -0.05) is 15.9 Å². The number of benzene rings is 1. The van der Waals surface area contributed by atoms with E-state index in [0.29, 0.717) is 4.47 Å². The summed E-state index contributed by atoms with van der Waals surface area (Å²) in [7, 11) is 0. The molecule has 2 amide bonds. The second kappa shape index (κ2) is 6.61. The van der Waals surface area contributed by atoms with Crippen LogP contribution in [0.25, 0.3) is 0 Å². The highest BCUT2D eigenvalue weighted by Crippen LogP contribution is 2.21. The Kier molecular flexibility index (Phi) is 4.81. The third-order valence-corrected chi connectivity index (χ3v) is 3.41. The highest BCUT2D eigenvalue weighted by Gasteiger charge is 2.13. The molecule has 0 atom stereocenters. The smallest absolute Gasteiger partial charge is 0.273 e. The second-order valence-electron chi connectivity index (χ2n) is 4.75. The van der Waals surface area contributed by atoms with Crippen molar-refractivity contribution in [3.05, 3.63) is 45.7 Å². The van der Waals surface area contributed by atoms with E-state index < -0.39 is 11.8 Å². The van der Waals surface area contributed by atoms with Gasteiger partial charge in [-0.05, 0) is 38.1 Å². The number of carbonyl (C=O) groups is 2. The molecule has 0 saturated carbocycles. The number of hydrogen-bond donors (Lipinski definition) is 3. The molecule has 0 radical (unpaired) electrons. The Labute approximate surface area is 135 Å². The van der Waals surface area contributed by atoms with Gasteiger partial charge in [0.2, 0.25) is 0 Å². The minimum Gasteiger partial charge on any atom is -0.507 e. The minimum absolute atomic E-state index is 0.00950. The molecule has 0 spiro atoms. The van der Waals surface area contributed by atoms with Crippen LogP contribution in [-0.4, -0.2) is 26.7 Å². The molecule has 1 aromatic heterocycles. The summed E-state index contributed by atoms with van der Waals surface area (Å²) in [5, 5.41) is 13.8. The summed E-state index contributed by atoms with van der Waals surface area (Å²) in [6.45, 7) is 3.66. The third-order valence-electron chi connectivity index (χ3n) is 2.92. The lowest BCUT2D eigenvalue weighted by molar-refractivity contribution is -0.122. The van der Waals surface area contributed by atoms with E-state index in [2.05, 4.69) is 31.9 Å². The molecule has 0 aliphatic heterocycles. The molecule has 0 bridgehead atoms. The zero-order chi connectivity index (χ0) is 16.3. The highest BCUT2D eigenvalue weighted by atomic mass is 79.9. The summed E-state index contributed by atoms with van der Waals surface area (Å²) >= 11 is 3.21. The van der Waals surface area contributed by atoms with Crippen molar-refractivity contribution in [2.24, 2.45) is 0 Å². The summed E-state index contributed by atoms with van der Waals surface area (Å²) in [6, 6.07) is 6.30. The van der Waals surface area contributed by atoms with Gasteiger partial charge >= 0.3 is 0 Å². The fourth-order valence-corrected chi connectivity index (χ4v) is 2.26. The fraction of sp³-hybridized carbons (Fsp3) is 0.214. The molecule has 8 heteroatoms. The molecule has 0 aliphatic carbocycles. The summed E-state index contributed by atoms with van der Waals surface area (Å²) < 4.78 is 2.18. The number of halogens is 1. The fourth-order valence-electron chi connectivity index (χ4n) is 1.89. The van der Waals surface area contributed by atoms with Crippen molar-refractivity contribution in [1.29, 1.82) is 0 Å². The molecule has 0 saturated heterocycles. The number of aryl methyl sites for hydroxylation is 2. The zero-order valence-corrected chi connectivity index (χ0v) is 13.6. The van der Waals surface area contributed by atoms with Crippen LogP contribution in [0.4, 0.5) is 0 Å². The summed E-state index contributed by atoms with van der Waals surface area (Å²) in [5.41, 5.74) is 6.26. The molecule has 2 aromatic rings. The zero-order valence-electron chi connectivity index (χ0n) is 12.1. The van der Waals surface area contributed by atoms with Gasteiger partial charge in [0.05, 0.1) is 11.3 Å². The monoisotopic (exact) mass is 366 g/mol. The van der Waals surface area contributed by atoms with Crippen LogP contribution < -0.4 is 10.9 Å². The molecule has 2 rings (SSSR count). The Morgan fingerprint density at radius 1 is 1.27 bits per heavy atom. The maximum absolute atomic E-state index is 11.9. The van der Waals surface area contributed by atoms with E-state index in [9.17, 15) is 14.7 Å². The lowest BCUT2D eigenvalue weighted by Crippen LogP contribution is -2.43. The number of phenols is 1. The van der Waals surface area contributed by atoms with Crippen molar-refractivity contribution in [3.63, 3.8) is 0 Å². The molecule has 0 fully saturated rings. The van der Waals surface area contributed by atoms with Crippen molar-refractivity contribution in [2.45, 2.75) is 20.4 Å². The number of amides is 2. The van der Waals surface area contributed by atoms with Gasteiger partial charge in [0.1, 0.15) is 12.3 Å². The second-order valence-corrected chi connectivity index (χ2v) is 5.66. The predicted molar refractivity (Wildman–Crippen MR) is 83.1 cm³/mol. The van der Waals surface area contributed by atoms with Crippen LogP contribution in [0.15, 0.2) is 28.7 Å². The first-order valence-electron chi connectivity index (χ1n) is 6.45. The SMILES string of the molecule is Cc1cc(C)n(CC(=O)NNC(=O)c2cc(Br)ccc2O)n1. The average molecular weight is 367 g/mol. The molecule has 1 aromatic carbocycles. The standard InChI is InChI=1S/C14H15BrN4O3/c1-8-5-9(2)19(18-8)7-13(21)16-17-14(22)11-6-10(15)3-4-12(11)20/h3-6,20H,7H2,1-2H3,(H,16,21)(H,17,22). The van der Waals surface area contributed by atoms with Crippen LogP contribution in [0.2, 0.25) is 0 Å². The van der Waals surface area contributed by atoms with Gasteiger partial charge in [-0.2, -0.15) is 5.10 Å². The van der Waals surface area contributed by atoms with Gasteiger partial charge in [-0.15, -0.1) is 0 Å². The van der Waals surface area contributed by atoms with Gasteiger partial charge < -0.3 is 5.11 Å². The molecule has 7 nitrogen and oxygen atoms in total. The molecule has 116 valence electrons. The van der Waals surface area contributed by atoms with Crippen molar-refractivity contribution in [3.8, 4) is 5.75 Å². The van der Waals surface area contributed by atoms with E-state index in [0.717, 1.165) is 11.4 Å². The van der Waals surface area contributed by atoms with Crippen molar-refractivity contribution >= 4 is 27.7 Å². The third kappa shape index (κ3) is 3.85. The van der Waals surface area contributed by atoms with Gasteiger partial charge in [0.15, 0.2) is 0 Å². The number of aromatic hydroxyl groups is 1. The van der Waals surface area contributed by atoms with E-state index >= 15 is 0 Å². The molecule has 0 unspecified atom stereocenters. The number of aromatic nitrogens is 2. The van der Waals surface area contributed by atoms with E-state index in [1.165, 1.54) is 16.8 Å². The van der Waals surface area contributed by atoms with Gasteiger partial charge in [0, 0.05) is 10.2 Å². The maximum Gasteiger partial charge on any atom is 0.273 e. The van der Waals surface area contributed by atoms with Gasteiger partial charge in [-0.25, -0.2) is 0 Å². The number of phenolic OH excluding ortho intramolecular Hbond substituents is 1. The van der Waals surface area contributed by atoms with Crippen LogP contribution in [0.3, 0.4) is 0 Å². The number of nitrogens with zero attached hydrogens (tertiary/aromatic N) is 2. The van der Waals surface area contributed by atoms with E-state index in [-0.39, 0.29) is 17.9 Å². The largest absolute Gasteiger partial charge is 0.507 e. The number of rotatable bonds is 3. The first kappa shape index (κ1) is 16.0. The molecule has 0 aliphatic rings. The normalized spacial score (nSPS) is 10.3. The van der Waals surface area contributed by atoms with Gasteiger partial charge in [0.25, 0.3) is 11.8 Å². The van der Waals surface area contributed by atoms with Crippen LogP contribution in [-0.2, 0) is 11.3 Å². The number of nitrogens with one attached hydrogen (secondary N) is 2. The number of carbonyl (C=O) groups excluding carboxylic acids is 2. The molecule has 3 N–H and O–H groups in total. The Morgan fingerprint density at radius 2 is 2.00 bits per heavy atom. The minimum atomic E-state index is -0.611. The Morgan fingerprint density at radius 3 is 2.64 bits per heavy atom. The van der Waals surface area contributed by atoms with E-state index in [4.69, 9.17) is 0 Å². The molecular weight excluding hydrogens is 352 g/mol. The van der Waals surface area contributed by atoms with Crippen molar-refractivity contribution in [2.75, 3.05) is 0 Å². The number of hydrazine groups is 1. The average Bonchev–Trinajstić information content (AvgIpc) is 2.77. The summed E-state index contributed by atoms with van der Waals surface area (Å²) in [5.74, 6) is -1.21. The quantitative estimate of drug-likeness (QED) is 0.715. The van der Waals surface area contributed by atoms with E-state index in [1.54, 1.807) is 6.07 Å². The van der Waals surface area contributed by atoms with Crippen LogP contribution in [0.1, 0.15) is 21.7 Å². The summed E-state index contributed by atoms with van der Waals surface area (Å²) in [6.07, 6.45) is 0.